The van der Waals surface area contributed by atoms with Gasteiger partial charge in [0.25, 0.3) is 0 Å². The van der Waals surface area contributed by atoms with Crippen molar-refractivity contribution in [3.63, 3.8) is 0 Å². The Labute approximate surface area is 124 Å². The molecule has 0 unspecified atom stereocenters. The molecule has 21 heavy (non-hydrogen) atoms. The van der Waals surface area contributed by atoms with Crippen molar-refractivity contribution in [1.82, 2.24) is 14.7 Å². The molecule has 0 amide bonds. The van der Waals surface area contributed by atoms with Crippen LogP contribution >= 0.6 is 0 Å². The maximum absolute atomic E-state index is 12.4. The molecule has 0 aromatic carbocycles. The highest BCUT2D eigenvalue weighted by atomic mass is 32.2. The van der Waals surface area contributed by atoms with Gasteiger partial charge in [0.2, 0.25) is 10.0 Å². The Kier molecular flexibility index (Phi) is 5.24. The van der Waals surface area contributed by atoms with Crippen LogP contribution in [0.3, 0.4) is 0 Å². The highest BCUT2D eigenvalue weighted by Gasteiger charge is 2.18. The maximum Gasteiger partial charge on any atom is 0.244 e. The second-order valence-corrected chi connectivity index (χ2v) is 6.22. The van der Waals surface area contributed by atoms with Gasteiger partial charge in [0, 0.05) is 37.9 Å². The van der Waals surface area contributed by atoms with E-state index in [1.54, 1.807) is 30.7 Å². The Hall–Kier alpha value is -1.99. The third kappa shape index (κ3) is 4.24. The first kappa shape index (κ1) is 15.4. The molecule has 112 valence electrons. The molecule has 0 aliphatic heterocycles. The van der Waals surface area contributed by atoms with Gasteiger partial charge in [-0.15, -0.1) is 0 Å². The van der Waals surface area contributed by atoms with Gasteiger partial charge in [-0.25, -0.2) is 13.1 Å². The van der Waals surface area contributed by atoms with Gasteiger partial charge in [0.05, 0.1) is 5.69 Å². The van der Waals surface area contributed by atoms with E-state index in [0.29, 0.717) is 12.2 Å². The highest BCUT2D eigenvalue weighted by Crippen LogP contribution is 2.19. The molecule has 0 radical (unpaired) electrons. The summed E-state index contributed by atoms with van der Waals surface area (Å²) in [4.78, 5) is 8.01. The third-order valence-corrected chi connectivity index (χ3v) is 4.26. The lowest BCUT2D eigenvalue weighted by Crippen LogP contribution is -2.24. The molecule has 7 heteroatoms. The lowest BCUT2D eigenvalue weighted by atomic mass is 10.3. The van der Waals surface area contributed by atoms with Crippen LogP contribution in [0.5, 0.6) is 0 Å². The average molecular weight is 306 g/mol. The van der Waals surface area contributed by atoms with Gasteiger partial charge in [-0.3, -0.25) is 9.97 Å². The van der Waals surface area contributed by atoms with Crippen molar-refractivity contribution in [1.29, 1.82) is 0 Å². The minimum Gasteiger partial charge on any atom is -0.384 e. The number of rotatable bonds is 7. The summed E-state index contributed by atoms with van der Waals surface area (Å²) in [5.41, 5.74) is 1.36. The first-order valence-corrected chi connectivity index (χ1v) is 8.18. The Morgan fingerprint density at radius 2 is 1.95 bits per heavy atom. The first-order chi connectivity index (χ1) is 10.1. The van der Waals surface area contributed by atoms with Crippen LogP contribution in [0, 0.1) is 0 Å². The van der Waals surface area contributed by atoms with Crippen molar-refractivity contribution in [3.8, 4) is 0 Å². The number of pyridine rings is 2. The predicted molar refractivity (Wildman–Crippen MR) is 81.3 cm³/mol. The third-order valence-electron chi connectivity index (χ3n) is 2.83. The molecule has 0 spiro atoms. The largest absolute Gasteiger partial charge is 0.384 e. The molecule has 2 aromatic rings. The van der Waals surface area contributed by atoms with Gasteiger partial charge in [-0.2, -0.15) is 0 Å². The molecule has 0 aliphatic carbocycles. The minimum atomic E-state index is -3.62. The predicted octanol–water partition coefficient (Wildman–Crippen LogP) is 1.78. The fourth-order valence-electron chi connectivity index (χ4n) is 1.76. The summed E-state index contributed by atoms with van der Waals surface area (Å²) >= 11 is 0. The van der Waals surface area contributed by atoms with E-state index in [0.717, 1.165) is 12.0 Å². The summed E-state index contributed by atoms with van der Waals surface area (Å²) < 4.78 is 27.3. The van der Waals surface area contributed by atoms with Crippen LogP contribution in [0.4, 0.5) is 5.69 Å². The normalized spacial score (nSPS) is 11.3. The van der Waals surface area contributed by atoms with Crippen LogP contribution in [0.15, 0.2) is 47.9 Å². The number of aromatic nitrogens is 2. The standard InChI is InChI=1S/C14H18N4O2S/c1-2-6-17-13-5-8-16-11-14(13)21(19,20)18-10-12-4-3-7-15-9-12/h3-5,7-9,11,18H,2,6,10H2,1H3,(H,16,17). The van der Waals surface area contributed by atoms with Crippen molar-refractivity contribution < 1.29 is 8.42 Å². The Balaban J connectivity index is 2.15. The van der Waals surface area contributed by atoms with Crippen molar-refractivity contribution in [3.05, 3.63) is 48.5 Å². The Morgan fingerprint density at radius 3 is 2.67 bits per heavy atom. The molecule has 0 saturated carbocycles. The average Bonchev–Trinajstić information content (AvgIpc) is 2.52. The molecule has 0 aliphatic rings. The van der Waals surface area contributed by atoms with Crippen LogP contribution in [-0.4, -0.2) is 24.9 Å². The molecular formula is C14H18N4O2S. The van der Waals surface area contributed by atoms with E-state index in [1.165, 1.54) is 6.20 Å². The van der Waals surface area contributed by atoms with E-state index in [1.807, 2.05) is 13.0 Å². The van der Waals surface area contributed by atoms with Gasteiger partial charge in [-0.05, 0) is 24.1 Å². The molecule has 2 rings (SSSR count). The van der Waals surface area contributed by atoms with Crippen molar-refractivity contribution in [2.75, 3.05) is 11.9 Å². The highest BCUT2D eigenvalue weighted by molar-refractivity contribution is 7.89. The summed E-state index contributed by atoms with van der Waals surface area (Å²) in [6.45, 7) is 2.91. The first-order valence-electron chi connectivity index (χ1n) is 6.70. The molecule has 6 nitrogen and oxygen atoms in total. The van der Waals surface area contributed by atoms with Crippen LogP contribution < -0.4 is 10.0 Å². The molecule has 0 bridgehead atoms. The summed E-state index contributed by atoms with van der Waals surface area (Å²) in [6, 6.07) is 5.24. The summed E-state index contributed by atoms with van der Waals surface area (Å²) in [5, 5.41) is 3.10. The van der Waals surface area contributed by atoms with Gasteiger partial charge < -0.3 is 5.32 Å². The quantitative estimate of drug-likeness (QED) is 0.814. The van der Waals surface area contributed by atoms with Gasteiger partial charge in [0.1, 0.15) is 4.90 Å². The molecular weight excluding hydrogens is 288 g/mol. The number of nitrogens with one attached hydrogen (secondary N) is 2. The van der Waals surface area contributed by atoms with E-state index in [9.17, 15) is 8.42 Å². The number of hydrogen-bond acceptors (Lipinski definition) is 5. The summed E-state index contributed by atoms with van der Waals surface area (Å²) in [6.07, 6.45) is 7.10. The lowest BCUT2D eigenvalue weighted by Gasteiger charge is -2.12. The van der Waals surface area contributed by atoms with E-state index in [-0.39, 0.29) is 11.4 Å². The monoisotopic (exact) mass is 306 g/mol. The second kappa shape index (κ2) is 7.14. The van der Waals surface area contributed by atoms with Crippen LogP contribution in [0.2, 0.25) is 0 Å². The Morgan fingerprint density at radius 1 is 1.14 bits per heavy atom. The molecule has 2 N–H and O–H groups in total. The van der Waals surface area contributed by atoms with Gasteiger partial charge >= 0.3 is 0 Å². The lowest BCUT2D eigenvalue weighted by molar-refractivity contribution is 0.581. The van der Waals surface area contributed by atoms with Crippen molar-refractivity contribution in [2.24, 2.45) is 0 Å². The van der Waals surface area contributed by atoms with E-state index in [4.69, 9.17) is 0 Å². The van der Waals surface area contributed by atoms with Crippen molar-refractivity contribution in [2.45, 2.75) is 24.8 Å². The van der Waals surface area contributed by atoms with Crippen LogP contribution in [0.1, 0.15) is 18.9 Å². The molecule has 0 atom stereocenters. The number of sulfonamides is 1. The SMILES string of the molecule is CCCNc1ccncc1S(=O)(=O)NCc1cccnc1. The minimum absolute atomic E-state index is 0.155. The van der Waals surface area contributed by atoms with Crippen LogP contribution in [0.25, 0.3) is 0 Å². The molecule has 0 saturated heterocycles. The molecule has 0 fully saturated rings. The fourth-order valence-corrected chi connectivity index (χ4v) is 2.90. The Bertz CT molecular complexity index is 674. The molecule has 2 aromatic heterocycles. The zero-order valence-corrected chi connectivity index (χ0v) is 12.6. The van der Waals surface area contributed by atoms with Gasteiger partial charge in [0.15, 0.2) is 0 Å². The van der Waals surface area contributed by atoms with Crippen LogP contribution in [-0.2, 0) is 16.6 Å². The molecule has 2 heterocycles. The van der Waals surface area contributed by atoms with E-state index in [2.05, 4.69) is 20.0 Å². The zero-order chi connectivity index (χ0) is 15.1. The number of anilines is 1. The van der Waals surface area contributed by atoms with E-state index >= 15 is 0 Å². The fraction of sp³-hybridized carbons (Fsp3) is 0.286. The summed E-state index contributed by atoms with van der Waals surface area (Å²) in [7, 11) is -3.62. The maximum atomic E-state index is 12.4. The smallest absolute Gasteiger partial charge is 0.244 e. The number of hydrogen-bond donors (Lipinski definition) is 2. The zero-order valence-electron chi connectivity index (χ0n) is 11.8. The second-order valence-electron chi connectivity index (χ2n) is 4.48. The summed E-state index contributed by atoms with van der Waals surface area (Å²) in [5.74, 6) is 0. The van der Waals surface area contributed by atoms with Crippen molar-refractivity contribution >= 4 is 15.7 Å². The topological polar surface area (TPSA) is 84.0 Å². The van der Waals surface area contributed by atoms with Gasteiger partial charge in [-0.1, -0.05) is 13.0 Å². The number of nitrogens with zero attached hydrogens (tertiary/aromatic N) is 2. The van der Waals surface area contributed by atoms with E-state index < -0.39 is 10.0 Å².